The Kier molecular flexibility index (Phi) is 16.8. The summed E-state index contributed by atoms with van der Waals surface area (Å²) in [6.07, 6.45) is -5.98. The fourth-order valence-corrected chi connectivity index (χ4v) is 7.54. The number of amides is 1. The van der Waals surface area contributed by atoms with E-state index in [9.17, 15) is 22.8 Å². The van der Waals surface area contributed by atoms with Gasteiger partial charge in [0.25, 0.3) is 11.5 Å². The van der Waals surface area contributed by atoms with Crippen molar-refractivity contribution >= 4 is 65.4 Å². The van der Waals surface area contributed by atoms with Crippen molar-refractivity contribution in [3.05, 3.63) is 127 Å². The van der Waals surface area contributed by atoms with Gasteiger partial charge in [0.1, 0.15) is 29.9 Å². The lowest BCUT2D eigenvalue weighted by atomic mass is 9.92. The second kappa shape index (κ2) is 21.0. The predicted molar refractivity (Wildman–Crippen MR) is 217 cm³/mol. The Morgan fingerprint density at radius 2 is 1.50 bits per heavy atom. The number of hydrogen-bond acceptors (Lipinski definition) is 9. The number of hydrogen-bond donors (Lipinski definition) is 1. The summed E-state index contributed by atoms with van der Waals surface area (Å²) >= 11 is 10.4. The quantitative estimate of drug-likeness (QED) is 0.0430. The number of methoxy groups -OCH3 is 2. The number of nitrogens with zero attached hydrogens (tertiary/aromatic N) is 2. The highest BCUT2D eigenvalue weighted by atomic mass is 79.9. The summed E-state index contributed by atoms with van der Waals surface area (Å²) in [4.78, 5) is 35.4. The number of rotatable bonds is 19. The summed E-state index contributed by atoms with van der Waals surface area (Å²) in [5.41, 5.74) is -2.32. The van der Waals surface area contributed by atoms with Gasteiger partial charge in [0.15, 0.2) is 0 Å². The average Bonchev–Trinajstić information content (AvgIpc) is 3.16. The summed E-state index contributed by atoms with van der Waals surface area (Å²) in [6.45, 7) is 0.751. The highest BCUT2D eigenvalue weighted by molar-refractivity contribution is 9.11. The molecule has 0 saturated heterocycles. The molecule has 0 radical (unpaired) electrons. The van der Waals surface area contributed by atoms with Crippen LogP contribution in [0, 0.1) is 0 Å². The van der Waals surface area contributed by atoms with Crippen molar-refractivity contribution in [3.63, 3.8) is 0 Å². The molecule has 0 aromatic heterocycles. The van der Waals surface area contributed by atoms with Crippen LogP contribution >= 0.6 is 47.8 Å². The van der Waals surface area contributed by atoms with E-state index < -0.39 is 41.9 Å². The van der Waals surface area contributed by atoms with Crippen LogP contribution in [-0.4, -0.2) is 76.7 Å². The van der Waals surface area contributed by atoms with Gasteiger partial charge in [-0.05, 0) is 109 Å². The molecule has 4 aromatic rings. The average molecular weight is 972 g/mol. The third-order valence-electron chi connectivity index (χ3n) is 8.36. The van der Waals surface area contributed by atoms with Crippen LogP contribution in [0.4, 0.5) is 13.2 Å². The smallest absolute Gasteiger partial charge is 0.432 e. The molecule has 0 fully saturated rings. The molecule has 1 amide bonds. The van der Waals surface area contributed by atoms with Gasteiger partial charge in [0.2, 0.25) is 0 Å². The first-order chi connectivity index (χ1) is 26.7. The number of carbonyl (C=O) groups excluding carboxylic acids is 2. The first-order valence-electron chi connectivity index (χ1n) is 17.2. The number of esters is 1. The molecule has 0 heterocycles. The molecule has 0 bridgehead atoms. The van der Waals surface area contributed by atoms with Gasteiger partial charge in [0.05, 0.1) is 33.7 Å². The van der Waals surface area contributed by atoms with Gasteiger partial charge < -0.3 is 34.0 Å². The van der Waals surface area contributed by atoms with Crippen LogP contribution in [0.15, 0.2) is 110 Å². The molecule has 2 atom stereocenters. The van der Waals surface area contributed by atoms with Gasteiger partial charge in [-0.2, -0.15) is 13.2 Å². The Morgan fingerprint density at radius 3 is 2.07 bits per heavy atom. The fraction of sp³-hybridized carbons (Fsp3) is 0.325. The highest BCUT2D eigenvalue weighted by Gasteiger charge is 2.64. The number of halogens is 6. The third kappa shape index (κ3) is 11.8. The first-order valence-corrected chi connectivity index (χ1v) is 19.6. The minimum atomic E-state index is -5.23. The zero-order valence-corrected chi connectivity index (χ0v) is 35.8. The summed E-state index contributed by atoms with van der Waals surface area (Å²) < 4.78 is 68.2. The largest absolute Gasteiger partial charge is 0.496 e. The predicted octanol–water partition coefficient (Wildman–Crippen LogP) is 8.93. The molecule has 0 unspecified atom stereocenters. The number of nitrogens with one attached hydrogen (secondary N) is 1. The van der Waals surface area contributed by atoms with E-state index in [1.54, 1.807) is 30.3 Å². The molecule has 0 spiro atoms. The van der Waals surface area contributed by atoms with E-state index in [1.165, 1.54) is 25.3 Å². The fourth-order valence-electron chi connectivity index (χ4n) is 5.50. The summed E-state index contributed by atoms with van der Waals surface area (Å²) in [7, 11) is 6.20. The van der Waals surface area contributed by atoms with Gasteiger partial charge in [-0.1, -0.05) is 71.9 Å². The second-order valence-corrected chi connectivity index (χ2v) is 15.2. The van der Waals surface area contributed by atoms with E-state index >= 15 is 0 Å². The number of carbonyl (C=O) groups is 2. The second-order valence-electron chi connectivity index (χ2n) is 12.6. The number of oxime groups is 1. The van der Waals surface area contributed by atoms with Crippen LogP contribution in [0.25, 0.3) is 0 Å². The van der Waals surface area contributed by atoms with E-state index in [0.29, 0.717) is 37.1 Å². The van der Waals surface area contributed by atoms with E-state index in [0.717, 1.165) is 37.8 Å². The molecule has 4 rings (SSSR count). The standard InChI is InChI=1S/C40H41Br3F3N3O7/c1-49(2)18-11-19-54-36-31(42)22-28(23-32(36)43)35(56-38(51)39(53-4,40(44,45)46)29-14-9-6-10-15-29)24-47-37(50)33(48-55-25-26-12-7-5-8-13-26)21-27-16-17-34(52-3)30(41)20-27/h5-10,12-17,20,22-23,35H,11,18-19,21,24-25H2,1-4H3,(H,47,50)/b48-33+/t35-,39+/m1/s1. The Balaban J connectivity index is 1.69. The van der Waals surface area contributed by atoms with Crippen LogP contribution in [0.1, 0.15) is 34.8 Å². The summed E-state index contributed by atoms with van der Waals surface area (Å²) in [6, 6.07) is 24.0. The van der Waals surface area contributed by atoms with Crippen LogP contribution in [0.3, 0.4) is 0 Å². The van der Waals surface area contributed by atoms with Gasteiger partial charge in [-0.3, -0.25) is 4.79 Å². The molecule has 300 valence electrons. The first kappa shape index (κ1) is 44.8. The van der Waals surface area contributed by atoms with Crippen LogP contribution < -0.4 is 14.8 Å². The van der Waals surface area contributed by atoms with Gasteiger partial charge in [0, 0.05) is 25.6 Å². The monoisotopic (exact) mass is 969 g/mol. The Morgan fingerprint density at radius 1 is 0.857 bits per heavy atom. The molecule has 4 aromatic carbocycles. The third-order valence-corrected chi connectivity index (χ3v) is 10.2. The Hall–Kier alpha value is -3.96. The molecule has 0 saturated carbocycles. The number of alkyl halides is 3. The van der Waals surface area contributed by atoms with E-state index in [-0.39, 0.29) is 24.3 Å². The Bertz CT molecular complexity index is 1930. The van der Waals surface area contributed by atoms with Crippen molar-refractivity contribution in [3.8, 4) is 11.5 Å². The Labute approximate surface area is 349 Å². The molecular formula is C40H41Br3F3N3O7. The van der Waals surface area contributed by atoms with Gasteiger partial charge >= 0.3 is 12.1 Å². The minimum absolute atomic E-state index is 0.000503. The van der Waals surface area contributed by atoms with Gasteiger partial charge in [-0.15, -0.1) is 0 Å². The lowest BCUT2D eigenvalue weighted by Crippen LogP contribution is -2.52. The SMILES string of the molecule is COc1ccc(C/C(=N\OCc2ccccc2)C(=O)NC[C@@H](OC(=O)[C@@](OC)(c2ccccc2)C(F)(F)F)c2cc(Br)c(OCCCN(C)C)c(Br)c2)cc1Br. The van der Waals surface area contributed by atoms with Crippen LogP contribution in [0.2, 0.25) is 0 Å². The van der Waals surface area contributed by atoms with Crippen molar-refractivity contribution in [2.24, 2.45) is 5.16 Å². The topological polar surface area (TPSA) is 108 Å². The van der Waals surface area contributed by atoms with Gasteiger partial charge in [-0.25, -0.2) is 4.79 Å². The summed E-state index contributed by atoms with van der Waals surface area (Å²) in [5, 5.41) is 6.85. The lowest BCUT2D eigenvalue weighted by Gasteiger charge is -2.34. The van der Waals surface area contributed by atoms with Crippen LogP contribution in [0.5, 0.6) is 11.5 Å². The van der Waals surface area contributed by atoms with Crippen molar-refractivity contribution in [2.75, 3.05) is 48.0 Å². The van der Waals surface area contributed by atoms with Crippen molar-refractivity contribution in [2.45, 2.75) is 37.3 Å². The number of benzene rings is 4. The normalized spacial score (nSPS) is 13.4. The minimum Gasteiger partial charge on any atom is -0.496 e. The molecule has 0 aliphatic rings. The van der Waals surface area contributed by atoms with Crippen molar-refractivity contribution in [1.82, 2.24) is 10.2 Å². The molecule has 0 aliphatic heterocycles. The van der Waals surface area contributed by atoms with E-state index in [1.807, 2.05) is 49.3 Å². The molecule has 16 heteroatoms. The summed E-state index contributed by atoms with van der Waals surface area (Å²) in [5.74, 6) is -1.45. The zero-order chi connectivity index (χ0) is 40.9. The van der Waals surface area contributed by atoms with Crippen molar-refractivity contribution < 1.29 is 46.5 Å². The maximum atomic E-state index is 14.9. The van der Waals surface area contributed by atoms with E-state index in [2.05, 4.69) is 58.3 Å². The maximum Gasteiger partial charge on any atom is 0.432 e. The molecule has 10 nitrogen and oxygen atoms in total. The lowest BCUT2D eigenvalue weighted by molar-refractivity contribution is -0.278. The van der Waals surface area contributed by atoms with Crippen LogP contribution in [-0.2, 0) is 42.5 Å². The van der Waals surface area contributed by atoms with Crippen molar-refractivity contribution in [1.29, 1.82) is 0 Å². The molecule has 56 heavy (non-hydrogen) atoms. The number of ether oxygens (including phenoxy) is 4. The molecule has 1 N–H and O–H groups in total. The highest BCUT2D eigenvalue weighted by Crippen LogP contribution is 2.44. The molecule has 0 aliphatic carbocycles. The van der Waals surface area contributed by atoms with E-state index in [4.69, 9.17) is 23.8 Å². The zero-order valence-electron chi connectivity index (χ0n) is 31.0. The maximum absolute atomic E-state index is 14.9. The molecular weight excluding hydrogens is 931 g/mol.